The summed E-state index contributed by atoms with van der Waals surface area (Å²) in [6.07, 6.45) is 4.81. The standard InChI is InChI=1S/C22H23N3O3S/c1-27-15-9-10-18(28-2)17(12-15)25-21(26)20-16-7-5-8-19(16)29-22(20)24-13-14-6-3-4-11-23-14/h3-4,6,9-12,24H,5,7-8,13H2,1-2H3,(H,25,26). The average Bonchev–Trinajstić information content (AvgIpc) is 3.33. The summed E-state index contributed by atoms with van der Waals surface area (Å²) >= 11 is 1.67. The minimum absolute atomic E-state index is 0.139. The molecule has 6 nitrogen and oxygen atoms in total. The van der Waals surface area contributed by atoms with Crippen LogP contribution in [0.5, 0.6) is 11.5 Å². The van der Waals surface area contributed by atoms with E-state index in [4.69, 9.17) is 9.47 Å². The van der Waals surface area contributed by atoms with E-state index in [2.05, 4.69) is 15.6 Å². The van der Waals surface area contributed by atoms with Gasteiger partial charge in [0.15, 0.2) is 0 Å². The van der Waals surface area contributed by atoms with Crippen LogP contribution >= 0.6 is 11.3 Å². The molecule has 0 aliphatic heterocycles. The molecule has 1 aromatic carbocycles. The van der Waals surface area contributed by atoms with Gasteiger partial charge in [-0.15, -0.1) is 11.3 Å². The van der Waals surface area contributed by atoms with Gasteiger partial charge in [0.1, 0.15) is 16.5 Å². The molecule has 0 spiro atoms. The monoisotopic (exact) mass is 409 g/mol. The Balaban J connectivity index is 1.61. The van der Waals surface area contributed by atoms with Crippen molar-refractivity contribution in [3.63, 3.8) is 0 Å². The number of aromatic nitrogens is 1. The average molecular weight is 410 g/mol. The Bertz CT molecular complexity index is 1020. The van der Waals surface area contributed by atoms with Gasteiger partial charge in [-0.1, -0.05) is 6.07 Å². The zero-order valence-electron chi connectivity index (χ0n) is 16.5. The maximum atomic E-state index is 13.3. The molecule has 4 rings (SSSR count). The van der Waals surface area contributed by atoms with E-state index in [1.54, 1.807) is 50.0 Å². The molecule has 1 amide bonds. The molecule has 1 aliphatic rings. The Morgan fingerprint density at radius 1 is 1.17 bits per heavy atom. The predicted octanol–water partition coefficient (Wildman–Crippen LogP) is 4.51. The summed E-state index contributed by atoms with van der Waals surface area (Å²) in [6, 6.07) is 11.2. The van der Waals surface area contributed by atoms with E-state index < -0.39 is 0 Å². The number of hydrogen-bond donors (Lipinski definition) is 2. The summed E-state index contributed by atoms with van der Waals surface area (Å²) in [6.45, 7) is 0.572. The number of nitrogens with zero attached hydrogens (tertiary/aromatic N) is 1. The molecular weight excluding hydrogens is 386 g/mol. The van der Waals surface area contributed by atoms with Crippen LogP contribution < -0.4 is 20.1 Å². The van der Waals surface area contributed by atoms with Crippen LogP contribution in [-0.2, 0) is 19.4 Å². The van der Waals surface area contributed by atoms with E-state index in [1.165, 1.54) is 4.88 Å². The first-order chi connectivity index (χ1) is 14.2. The largest absolute Gasteiger partial charge is 0.497 e. The van der Waals surface area contributed by atoms with Crippen molar-refractivity contribution in [1.29, 1.82) is 0 Å². The second-order valence-corrected chi connectivity index (χ2v) is 7.86. The highest BCUT2D eigenvalue weighted by atomic mass is 32.1. The fourth-order valence-corrected chi connectivity index (χ4v) is 4.82. The lowest BCUT2D eigenvalue weighted by Gasteiger charge is -2.13. The summed E-state index contributed by atoms with van der Waals surface area (Å²) in [5, 5.41) is 7.32. The minimum Gasteiger partial charge on any atom is -0.497 e. The first-order valence-electron chi connectivity index (χ1n) is 9.51. The fraction of sp³-hybridized carbons (Fsp3) is 0.273. The zero-order valence-corrected chi connectivity index (χ0v) is 17.3. The Labute approximate surface area is 173 Å². The topological polar surface area (TPSA) is 72.5 Å². The fourth-order valence-electron chi connectivity index (χ4n) is 3.54. The van der Waals surface area contributed by atoms with Gasteiger partial charge >= 0.3 is 0 Å². The summed E-state index contributed by atoms with van der Waals surface area (Å²) in [5.74, 6) is 1.11. The Hall–Kier alpha value is -3.06. The van der Waals surface area contributed by atoms with Crippen LogP contribution in [0.1, 0.15) is 32.9 Å². The van der Waals surface area contributed by atoms with E-state index in [1.807, 2.05) is 18.2 Å². The number of rotatable bonds is 7. The molecule has 29 heavy (non-hydrogen) atoms. The summed E-state index contributed by atoms with van der Waals surface area (Å²) < 4.78 is 10.7. The zero-order chi connectivity index (χ0) is 20.2. The molecule has 2 aromatic heterocycles. The van der Waals surface area contributed by atoms with E-state index >= 15 is 0 Å². The molecule has 0 radical (unpaired) electrons. The number of carbonyl (C=O) groups is 1. The molecule has 7 heteroatoms. The van der Waals surface area contributed by atoms with E-state index in [9.17, 15) is 4.79 Å². The number of ether oxygens (including phenoxy) is 2. The Morgan fingerprint density at radius 2 is 2.07 bits per heavy atom. The van der Waals surface area contributed by atoms with Gasteiger partial charge in [-0.2, -0.15) is 0 Å². The van der Waals surface area contributed by atoms with Crippen LogP contribution in [0.15, 0.2) is 42.6 Å². The number of anilines is 2. The molecule has 150 valence electrons. The third-order valence-corrected chi connectivity index (χ3v) is 6.21. The van der Waals surface area contributed by atoms with Crippen LogP contribution in [0.2, 0.25) is 0 Å². The van der Waals surface area contributed by atoms with Gasteiger partial charge in [-0.05, 0) is 49.1 Å². The van der Waals surface area contributed by atoms with Gasteiger partial charge in [0.05, 0.1) is 37.7 Å². The number of thiophene rings is 1. The van der Waals surface area contributed by atoms with Gasteiger partial charge < -0.3 is 20.1 Å². The molecule has 1 aliphatic carbocycles. The molecule has 0 atom stereocenters. The van der Waals surface area contributed by atoms with Crippen molar-refractivity contribution >= 4 is 27.9 Å². The highest BCUT2D eigenvalue weighted by molar-refractivity contribution is 7.16. The highest BCUT2D eigenvalue weighted by Gasteiger charge is 2.27. The van der Waals surface area contributed by atoms with Crippen molar-refractivity contribution in [2.45, 2.75) is 25.8 Å². The maximum absolute atomic E-state index is 13.3. The number of carbonyl (C=O) groups excluding carboxylic acids is 1. The molecule has 0 unspecified atom stereocenters. The first-order valence-corrected chi connectivity index (χ1v) is 10.3. The molecule has 0 saturated carbocycles. The molecular formula is C22H23N3O3S. The van der Waals surface area contributed by atoms with Crippen LogP contribution in [-0.4, -0.2) is 25.1 Å². The number of amides is 1. The third kappa shape index (κ3) is 4.05. The van der Waals surface area contributed by atoms with Crippen LogP contribution in [0.25, 0.3) is 0 Å². The quantitative estimate of drug-likeness (QED) is 0.601. The van der Waals surface area contributed by atoms with Crippen molar-refractivity contribution in [3.8, 4) is 11.5 Å². The molecule has 2 N–H and O–H groups in total. The lowest BCUT2D eigenvalue weighted by atomic mass is 10.1. The predicted molar refractivity (Wildman–Crippen MR) is 115 cm³/mol. The van der Waals surface area contributed by atoms with Crippen molar-refractivity contribution in [2.75, 3.05) is 24.9 Å². The van der Waals surface area contributed by atoms with Gasteiger partial charge in [-0.25, -0.2) is 0 Å². The molecule has 3 aromatic rings. The number of pyridine rings is 1. The second-order valence-electron chi connectivity index (χ2n) is 6.76. The van der Waals surface area contributed by atoms with Crippen molar-refractivity contribution < 1.29 is 14.3 Å². The number of hydrogen-bond acceptors (Lipinski definition) is 6. The summed E-state index contributed by atoms with van der Waals surface area (Å²) in [7, 11) is 3.18. The summed E-state index contributed by atoms with van der Waals surface area (Å²) in [5.41, 5.74) is 3.40. The van der Waals surface area contributed by atoms with Gasteiger partial charge in [-0.3, -0.25) is 9.78 Å². The Morgan fingerprint density at radius 3 is 2.83 bits per heavy atom. The first kappa shape index (κ1) is 19.3. The molecule has 0 bridgehead atoms. The smallest absolute Gasteiger partial charge is 0.259 e. The van der Waals surface area contributed by atoms with E-state index in [0.717, 1.165) is 41.1 Å². The normalized spacial score (nSPS) is 12.3. The number of benzene rings is 1. The van der Waals surface area contributed by atoms with Gasteiger partial charge in [0.2, 0.25) is 0 Å². The lowest BCUT2D eigenvalue weighted by Crippen LogP contribution is -2.16. The SMILES string of the molecule is COc1ccc(OC)c(NC(=O)c2c(NCc3ccccn3)sc3c2CCC3)c1. The van der Waals surface area contributed by atoms with E-state index in [-0.39, 0.29) is 5.91 Å². The van der Waals surface area contributed by atoms with Crippen LogP contribution in [0.4, 0.5) is 10.7 Å². The molecule has 0 saturated heterocycles. The number of nitrogens with one attached hydrogen (secondary N) is 2. The second kappa shape index (κ2) is 8.53. The summed E-state index contributed by atoms with van der Waals surface area (Å²) in [4.78, 5) is 18.9. The van der Waals surface area contributed by atoms with E-state index in [0.29, 0.717) is 23.7 Å². The third-order valence-electron chi connectivity index (χ3n) is 4.96. The minimum atomic E-state index is -0.139. The van der Waals surface area contributed by atoms with Gasteiger partial charge in [0, 0.05) is 17.1 Å². The highest BCUT2D eigenvalue weighted by Crippen LogP contribution is 2.40. The Kier molecular flexibility index (Phi) is 5.67. The maximum Gasteiger partial charge on any atom is 0.259 e. The lowest BCUT2D eigenvalue weighted by molar-refractivity contribution is 0.102. The van der Waals surface area contributed by atoms with Crippen molar-refractivity contribution in [2.24, 2.45) is 0 Å². The molecule has 2 heterocycles. The number of aryl methyl sites for hydroxylation is 1. The van der Waals surface area contributed by atoms with Crippen LogP contribution in [0.3, 0.4) is 0 Å². The van der Waals surface area contributed by atoms with Crippen molar-refractivity contribution in [3.05, 3.63) is 64.3 Å². The van der Waals surface area contributed by atoms with Crippen molar-refractivity contribution in [1.82, 2.24) is 4.98 Å². The van der Waals surface area contributed by atoms with Crippen LogP contribution in [0, 0.1) is 0 Å². The molecule has 0 fully saturated rings. The van der Waals surface area contributed by atoms with Gasteiger partial charge in [0.25, 0.3) is 5.91 Å². The number of fused-ring (bicyclic) bond motifs is 1. The number of methoxy groups -OCH3 is 2.